The van der Waals surface area contributed by atoms with E-state index in [0.717, 1.165) is 24.6 Å². The Morgan fingerprint density at radius 2 is 1.67 bits per heavy atom. The van der Waals surface area contributed by atoms with Crippen LogP contribution in [-0.2, 0) is 14.2 Å². The minimum Gasteiger partial charge on any atom is -0.459 e. The molecule has 184 valence electrons. The van der Waals surface area contributed by atoms with E-state index in [9.17, 15) is 9.59 Å². The van der Waals surface area contributed by atoms with Crippen LogP contribution in [0.4, 0.5) is 5.82 Å². The predicted molar refractivity (Wildman–Crippen MR) is 135 cm³/mol. The Kier molecular flexibility index (Phi) is 6.67. The first-order chi connectivity index (χ1) is 17.4. The summed E-state index contributed by atoms with van der Waals surface area (Å²) in [5, 5.41) is 0.772. The Bertz CT molecular complexity index is 1400. The Hall–Kier alpha value is -3.81. The second-order valence-corrected chi connectivity index (χ2v) is 9.63. The molecule has 5 rings (SSSR count). The van der Waals surface area contributed by atoms with Crippen molar-refractivity contribution in [3.8, 4) is 0 Å². The summed E-state index contributed by atoms with van der Waals surface area (Å²) < 4.78 is 19.5. The van der Waals surface area contributed by atoms with Crippen molar-refractivity contribution >= 4 is 36.7 Å². The molecule has 0 unspecified atom stereocenters. The number of anilines is 1. The van der Waals surface area contributed by atoms with Crippen LogP contribution in [0.3, 0.4) is 0 Å². The number of fused-ring (bicyclic) bond motifs is 1. The fourth-order valence-corrected chi connectivity index (χ4v) is 5.06. The van der Waals surface area contributed by atoms with Crippen molar-refractivity contribution in [2.24, 2.45) is 0 Å². The lowest BCUT2D eigenvalue weighted by Gasteiger charge is -2.19. The molecule has 0 radical (unpaired) electrons. The lowest BCUT2D eigenvalue weighted by atomic mass is 10.1. The SMILES string of the molecule is Cc1ccc(C(=O)OC[C@H]2O[C@@H](n3cpc4ncnc(N)c43)C[C@@H]2OC(=O)c2ccc(C)cc2)cc1. The molecule has 4 aromatic rings. The van der Waals surface area contributed by atoms with Crippen LogP contribution in [0.2, 0.25) is 0 Å². The summed E-state index contributed by atoms with van der Waals surface area (Å²) in [6, 6.07) is 14.3. The molecular weight excluding hydrogens is 479 g/mol. The molecule has 0 bridgehead atoms. The monoisotopic (exact) mass is 504 g/mol. The van der Waals surface area contributed by atoms with Crippen LogP contribution in [0, 0.1) is 13.8 Å². The summed E-state index contributed by atoms with van der Waals surface area (Å²) >= 11 is 0. The summed E-state index contributed by atoms with van der Waals surface area (Å²) in [5.74, 6) is 1.30. The number of aryl methyl sites for hydroxylation is 2. The maximum absolute atomic E-state index is 12.9. The Balaban J connectivity index is 1.36. The summed E-state index contributed by atoms with van der Waals surface area (Å²) in [5.41, 5.74) is 9.75. The number of esters is 2. The highest BCUT2D eigenvalue weighted by Gasteiger charge is 2.40. The smallest absolute Gasteiger partial charge is 0.338 e. The van der Waals surface area contributed by atoms with Gasteiger partial charge in [-0.15, -0.1) is 0 Å². The molecule has 0 saturated carbocycles. The van der Waals surface area contributed by atoms with Crippen LogP contribution in [-0.4, -0.2) is 45.3 Å². The highest BCUT2D eigenvalue weighted by molar-refractivity contribution is 7.35. The molecule has 3 heterocycles. The molecule has 1 aliphatic rings. The third-order valence-electron chi connectivity index (χ3n) is 6.10. The van der Waals surface area contributed by atoms with Crippen molar-refractivity contribution in [3.63, 3.8) is 0 Å². The molecule has 0 amide bonds. The van der Waals surface area contributed by atoms with E-state index in [0.29, 0.717) is 28.9 Å². The van der Waals surface area contributed by atoms with Crippen LogP contribution >= 0.6 is 8.19 Å². The highest BCUT2D eigenvalue weighted by atomic mass is 31.0. The van der Waals surface area contributed by atoms with Gasteiger partial charge in [0.1, 0.15) is 42.1 Å². The zero-order chi connectivity index (χ0) is 25.2. The molecule has 1 fully saturated rings. The second-order valence-electron chi connectivity index (χ2n) is 8.72. The lowest BCUT2D eigenvalue weighted by Crippen LogP contribution is -2.32. The molecule has 10 heteroatoms. The van der Waals surface area contributed by atoms with E-state index in [1.807, 2.05) is 48.6 Å². The third-order valence-corrected chi connectivity index (χ3v) is 7.03. The van der Waals surface area contributed by atoms with E-state index in [1.165, 1.54) is 6.33 Å². The van der Waals surface area contributed by atoms with Crippen LogP contribution < -0.4 is 5.73 Å². The fraction of sp³-hybridized carbons (Fsp3) is 0.269. The van der Waals surface area contributed by atoms with Gasteiger partial charge in [0, 0.05) is 12.3 Å². The van der Waals surface area contributed by atoms with Crippen LogP contribution in [0.5, 0.6) is 0 Å². The van der Waals surface area contributed by atoms with Gasteiger partial charge < -0.3 is 24.5 Å². The summed E-state index contributed by atoms with van der Waals surface area (Å²) in [4.78, 5) is 33.9. The number of ether oxygens (including phenoxy) is 3. The topological polar surface area (TPSA) is 119 Å². The first kappa shape index (κ1) is 23.9. The van der Waals surface area contributed by atoms with Gasteiger partial charge in [0.05, 0.1) is 11.1 Å². The van der Waals surface area contributed by atoms with Gasteiger partial charge in [-0.3, -0.25) is 0 Å². The zero-order valence-corrected chi connectivity index (χ0v) is 20.7. The largest absolute Gasteiger partial charge is 0.459 e. The van der Waals surface area contributed by atoms with Gasteiger partial charge in [-0.05, 0) is 46.3 Å². The lowest BCUT2D eigenvalue weighted by molar-refractivity contribution is -0.0559. The normalized spacial score (nSPS) is 19.6. The maximum Gasteiger partial charge on any atom is 0.338 e. The van der Waals surface area contributed by atoms with Crippen LogP contribution in [0.15, 0.2) is 60.8 Å². The first-order valence-electron chi connectivity index (χ1n) is 11.5. The van der Waals surface area contributed by atoms with E-state index in [2.05, 4.69) is 9.97 Å². The molecule has 2 N–H and O–H groups in total. The van der Waals surface area contributed by atoms with Gasteiger partial charge in [-0.1, -0.05) is 35.4 Å². The molecular formula is C26H25N4O5P. The molecule has 2 aromatic carbocycles. The van der Waals surface area contributed by atoms with Crippen molar-refractivity contribution in [1.29, 1.82) is 0 Å². The molecule has 36 heavy (non-hydrogen) atoms. The summed E-state index contributed by atoms with van der Waals surface area (Å²) in [6.45, 7) is 3.82. The number of rotatable bonds is 6. The van der Waals surface area contributed by atoms with Crippen molar-refractivity contribution < 1.29 is 23.8 Å². The van der Waals surface area contributed by atoms with Crippen molar-refractivity contribution in [2.45, 2.75) is 38.7 Å². The van der Waals surface area contributed by atoms with Gasteiger partial charge in [-0.25, -0.2) is 19.6 Å². The average Bonchev–Trinajstić information content (AvgIpc) is 3.48. The molecule has 2 aromatic heterocycles. The standard InChI is InChI=1S/C26H25N4O5P/c1-15-3-7-17(8-4-15)25(31)33-12-20-19(35-26(32)18-9-5-16(2)6-10-18)11-21(34-20)30-14-36-24-22(30)23(27)28-13-29-24/h3-10,13-14,19-21H,11-12H2,1-2H3,(H2,27,28,29)/t19-,20+,21+/m0/s1. The van der Waals surface area contributed by atoms with Crippen molar-refractivity contribution in [3.05, 3.63) is 83.0 Å². The molecule has 1 aliphatic heterocycles. The quantitative estimate of drug-likeness (QED) is 0.379. The Morgan fingerprint density at radius 1 is 1.03 bits per heavy atom. The van der Waals surface area contributed by atoms with Crippen molar-refractivity contribution in [2.75, 3.05) is 12.3 Å². The molecule has 3 atom stereocenters. The van der Waals surface area contributed by atoms with E-state index in [4.69, 9.17) is 19.9 Å². The van der Waals surface area contributed by atoms with E-state index in [1.54, 1.807) is 24.3 Å². The van der Waals surface area contributed by atoms with E-state index >= 15 is 0 Å². The van der Waals surface area contributed by atoms with Gasteiger partial charge in [0.2, 0.25) is 0 Å². The fourth-order valence-electron chi connectivity index (χ4n) is 4.09. The van der Waals surface area contributed by atoms with Gasteiger partial charge in [0.25, 0.3) is 0 Å². The van der Waals surface area contributed by atoms with E-state index < -0.39 is 30.4 Å². The van der Waals surface area contributed by atoms with Gasteiger partial charge in [-0.2, -0.15) is 0 Å². The Morgan fingerprint density at radius 3 is 2.33 bits per heavy atom. The number of hydrogen-bond donors (Lipinski definition) is 1. The minimum absolute atomic E-state index is 0.0752. The number of aromatic nitrogens is 3. The maximum atomic E-state index is 12.9. The number of hydrogen-bond acceptors (Lipinski definition) is 8. The van der Waals surface area contributed by atoms with Crippen LogP contribution in [0.25, 0.3) is 10.8 Å². The first-order valence-corrected chi connectivity index (χ1v) is 12.5. The van der Waals surface area contributed by atoms with Crippen LogP contribution in [0.1, 0.15) is 44.5 Å². The molecule has 1 saturated heterocycles. The highest BCUT2D eigenvalue weighted by Crippen LogP contribution is 2.37. The third kappa shape index (κ3) is 4.94. The average molecular weight is 504 g/mol. The number of carbonyl (C=O) groups excluding carboxylic acids is 2. The molecule has 9 nitrogen and oxygen atoms in total. The molecule has 0 aliphatic carbocycles. The zero-order valence-electron chi connectivity index (χ0n) is 19.8. The number of nitrogen functional groups attached to an aromatic ring is 1. The summed E-state index contributed by atoms with van der Waals surface area (Å²) in [6.07, 6.45) is -0.0308. The van der Waals surface area contributed by atoms with Gasteiger partial charge in [0.15, 0.2) is 5.82 Å². The second kappa shape index (κ2) is 10.0. The Labute approximate surface area is 209 Å². The number of nitrogens with two attached hydrogens (primary N) is 1. The number of nitrogens with zero attached hydrogens (tertiary/aromatic N) is 3. The number of benzene rings is 2. The number of carbonyl (C=O) groups is 2. The van der Waals surface area contributed by atoms with Crippen molar-refractivity contribution in [1.82, 2.24) is 14.5 Å². The summed E-state index contributed by atoms with van der Waals surface area (Å²) in [7, 11) is 0.859. The predicted octanol–water partition coefficient (Wildman–Crippen LogP) is 4.58. The molecule has 0 spiro atoms. The van der Waals surface area contributed by atoms with Gasteiger partial charge >= 0.3 is 11.9 Å². The van der Waals surface area contributed by atoms with E-state index in [-0.39, 0.29) is 6.61 Å². The minimum atomic E-state index is -0.668.